The average molecular weight is 278 g/mol. The first-order valence-corrected chi connectivity index (χ1v) is 6.17. The van der Waals surface area contributed by atoms with Gasteiger partial charge in [0.2, 0.25) is 5.91 Å². The van der Waals surface area contributed by atoms with Gasteiger partial charge in [-0.1, -0.05) is 12.1 Å². The molecule has 1 aromatic carbocycles. The lowest BCUT2D eigenvalue weighted by atomic mass is 10.2. The molecule has 1 aromatic heterocycles. The van der Waals surface area contributed by atoms with Crippen molar-refractivity contribution in [3.05, 3.63) is 45.5 Å². The van der Waals surface area contributed by atoms with E-state index < -0.39 is 4.92 Å². The number of aromatic nitrogens is 1. The van der Waals surface area contributed by atoms with Gasteiger partial charge in [-0.3, -0.25) is 14.9 Å². The third kappa shape index (κ3) is 3.26. The zero-order valence-corrected chi connectivity index (χ0v) is 10.5. The number of nitrogens with two attached hydrogens (primary N) is 1. The molecule has 0 bridgehead atoms. The van der Waals surface area contributed by atoms with Crippen LogP contribution in [0.2, 0.25) is 0 Å². The molecule has 7 nitrogen and oxygen atoms in total. The third-order valence-electron chi connectivity index (χ3n) is 2.29. The molecule has 0 unspecified atom stereocenters. The van der Waals surface area contributed by atoms with Crippen LogP contribution < -0.4 is 11.1 Å². The quantitative estimate of drug-likeness (QED) is 0.654. The number of amides is 1. The van der Waals surface area contributed by atoms with E-state index >= 15 is 0 Å². The standard InChI is InChI=1S/C11H10N4O3S/c12-11-13-7(6-19-11)5-10(16)14-8-3-1-2-4-9(8)15(17)18/h1-4,6H,5H2,(H2,12,13)(H,14,16). The van der Waals surface area contributed by atoms with Gasteiger partial charge in [-0.2, -0.15) is 0 Å². The van der Waals surface area contributed by atoms with Crippen LogP contribution in [0, 0.1) is 10.1 Å². The molecule has 0 aliphatic heterocycles. The van der Waals surface area contributed by atoms with Crippen molar-refractivity contribution in [2.45, 2.75) is 6.42 Å². The molecular formula is C11H10N4O3S. The lowest BCUT2D eigenvalue weighted by molar-refractivity contribution is -0.383. The van der Waals surface area contributed by atoms with Crippen LogP contribution in [0.4, 0.5) is 16.5 Å². The van der Waals surface area contributed by atoms with Crippen molar-refractivity contribution in [1.82, 2.24) is 4.98 Å². The Bertz CT molecular complexity index is 626. The van der Waals surface area contributed by atoms with Crippen LogP contribution in [0.25, 0.3) is 0 Å². The number of anilines is 2. The molecule has 98 valence electrons. The van der Waals surface area contributed by atoms with Crippen molar-refractivity contribution in [1.29, 1.82) is 0 Å². The molecule has 0 radical (unpaired) electrons. The molecule has 0 aliphatic rings. The molecule has 3 N–H and O–H groups in total. The number of carbonyl (C=O) groups excluding carboxylic acids is 1. The molecular weight excluding hydrogens is 268 g/mol. The second-order valence-corrected chi connectivity index (χ2v) is 4.57. The summed E-state index contributed by atoms with van der Waals surface area (Å²) in [6, 6.07) is 5.96. The van der Waals surface area contributed by atoms with Crippen molar-refractivity contribution < 1.29 is 9.72 Å². The molecule has 0 saturated heterocycles. The van der Waals surface area contributed by atoms with Crippen LogP contribution >= 0.6 is 11.3 Å². The van der Waals surface area contributed by atoms with Crippen molar-refractivity contribution in [2.24, 2.45) is 0 Å². The number of nitro groups is 1. The summed E-state index contributed by atoms with van der Waals surface area (Å²) in [4.78, 5) is 26.0. The maximum atomic E-state index is 11.8. The Morgan fingerprint density at radius 3 is 2.84 bits per heavy atom. The summed E-state index contributed by atoms with van der Waals surface area (Å²) in [5, 5.41) is 15.3. The molecule has 0 fully saturated rings. The minimum absolute atomic E-state index is 0.0275. The number of hydrogen-bond donors (Lipinski definition) is 2. The Hall–Kier alpha value is -2.48. The molecule has 0 aliphatic carbocycles. The Morgan fingerprint density at radius 1 is 1.47 bits per heavy atom. The average Bonchev–Trinajstić information content (AvgIpc) is 2.75. The van der Waals surface area contributed by atoms with Crippen molar-refractivity contribution in [3.63, 3.8) is 0 Å². The van der Waals surface area contributed by atoms with Crippen LogP contribution in [0.3, 0.4) is 0 Å². The fraction of sp³-hybridized carbons (Fsp3) is 0.0909. The van der Waals surface area contributed by atoms with Crippen LogP contribution in [-0.4, -0.2) is 15.8 Å². The van der Waals surface area contributed by atoms with Gasteiger partial charge in [0.1, 0.15) is 5.69 Å². The highest BCUT2D eigenvalue weighted by atomic mass is 32.1. The summed E-state index contributed by atoms with van der Waals surface area (Å²) >= 11 is 1.24. The number of nitro benzene ring substituents is 1. The first-order valence-electron chi connectivity index (χ1n) is 5.29. The second kappa shape index (κ2) is 5.44. The normalized spacial score (nSPS) is 10.1. The second-order valence-electron chi connectivity index (χ2n) is 3.68. The van der Waals surface area contributed by atoms with E-state index in [9.17, 15) is 14.9 Å². The molecule has 2 aromatic rings. The van der Waals surface area contributed by atoms with Crippen molar-refractivity contribution in [3.8, 4) is 0 Å². The number of rotatable bonds is 4. The summed E-state index contributed by atoms with van der Waals surface area (Å²) in [7, 11) is 0. The smallest absolute Gasteiger partial charge is 0.292 e. The molecule has 0 atom stereocenters. The van der Waals surface area contributed by atoms with Crippen molar-refractivity contribution in [2.75, 3.05) is 11.1 Å². The topological polar surface area (TPSA) is 111 Å². The summed E-state index contributed by atoms with van der Waals surface area (Å²) in [5.74, 6) is -0.375. The zero-order chi connectivity index (χ0) is 13.8. The number of benzene rings is 1. The number of nitrogen functional groups attached to an aromatic ring is 1. The summed E-state index contributed by atoms with van der Waals surface area (Å²) in [6.45, 7) is 0. The van der Waals surface area contributed by atoms with Gasteiger partial charge in [0, 0.05) is 11.4 Å². The van der Waals surface area contributed by atoms with E-state index in [1.165, 1.54) is 29.5 Å². The largest absolute Gasteiger partial charge is 0.375 e. The van der Waals surface area contributed by atoms with Gasteiger partial charge in [-0.15, -0.1) is 11.3 Å². The lowest BCUT2D eigenvalue weighted by Crippen LogP contribution is -2.15. The van der Waals surface area contributed by atoms with Gasteiger partial charge in [0.15, 0.2) is 5.13 Å². The first-order chi connectivity index (χ1) is 9.06. The van der Waals surface area contributed by atoms with Gasteiger partial charge >= 0.3 is 0 Å². The van der Waals surface area contributed by atoms with Crippen LogP contribution in [0.15, 0.2) is 29.6 Å². The Labute approximate surface area is 112 Å². The number of para-hydroxylation sites is 2. The summed E-state index contributed by atoms with van der Waals surface area (Å²) in [5.41, 5.74) is 6.02. The van der Waals surface area contributed by atoms with Gasteiger partial charge in [0.25, 0.3) is 5.69 Å². The van der Waals surface area contributed by atoms with Gasteiger partial charge in [-0.25, -0.2) is 4.98 Å². The third-order valence-corrected chi connectivity index (χ3v) is 3.01. The van der Waals surface area contributed by atoms with Crippen LogP contribution in [0.1, 0.15) is 5.69 Å². The van der Waals surface area contributed by atoms with E-state index in [0.717, 1.165) is 0 Å². The first kappa shape index (κ1) is 13.0. The Balaban J connectivity index is 2.09. The van der Waals surface area contributed by atoms with E-state index in [2.05, 4.69) is 10.3 Å². The highest BCUT2D eigenvalue weighted by Crippen LogP contribution is 2.23. The van der Waals surface area contributed by atoms with E-state index in [0.29, 0.717) is 10.8 Å². The minimum atomic E-state index is -0.545. The van der Waals surface area contributed by atoms with E-state index in [4.69, 9.17) is 5.73 Å². The lowest BCUT2D eigenvalue weighted by Gasteiger charge is -2.04. The Kier molecular flexibility index (Phi) is 3.71. The molecule has 19 heavy (non-hydrogen) atoms. The molecule has 2 rings (SSSR count). The SMILES string of the molecule is Nc1nc(CC(=O)Nc2ccccc2[N+](=O)[O-])cs1. The number of thiazole rings is 1. The fourth-order valence-electron chi connectivity index (χ4n) is 1.50. The van der Waals surface area contributed by atoms with E-state index in [-0.39, 0.29) is 23.7 Å². The number of carbonyl (C=O) groups is 1. The zero-order valence-electron chi connectivity index (χ0n) is 9.70. The van der Waals surface area contributed by atoms with E-state index in [1.54, 1.807) is 11.4 Å². The number of hydrogen-bond acceptors (Lipinski definition) is 6. The fourth-order valence-corrected chi connectivity index (χ4v) is 2.06. The van der Waals surface area contributed by atoms with Gasteiger partial charge in [0.05, 0.1) is 17.0 Å². The predicted octanol–water partition coefficient (Wildman–Crippen LogP) is 1.81. The maximum Gasteiger partial charge on any atom is 0.292 e. The Morgan fingerprint density at radius 2 is 2.21 bits per heavy atom. The number of nitrogens with zero attached hydrogens (tertiary/aromatic N) is 2. The summed E-state index contributed by atoms with van der Waals surface area (Å²) in [6.07, 6.45) is 0.0275. The molecule has 8 heteroatoms. The highest BCUT2D eigenvalue weighted by molar-refractivity contribution is 7.13. The van der Waals surface area contributed by atoms with Crippen molar-refractivity contribution >= 4 is 33.8 Å². The monoisotopic (exact) mass is 278 g/mol. The summed E-state index contributed by atoms with van der Waals surface area (Å²) < 4.78 is 0. The predicted molar refractivity (Wildman–Crippen MR) is 72.0 cm³/mol. The van der Waals surface area contributed by atoms with E-state index in [1.807, 2.05) is 0 Å². The van der Waals surface area contributed by atoms with Gasteiger partial charge in [-0.05, 0) is 6.07 Å². The minimum Gasteiger partial charge on any atom is -0.375 e. The highest BCUT2D eigenvalue weighted by Gasteiger charge is 2.15. The van der Waals surface area contributed by atoms with Crippen LogP contribution in [-0.2, 0) is 11.2 Å². The molecule has 0 saturated carbocycles. The van der Waals surface area contributed by atoms with Gasteiger partial charge < -0.3 is 11.1 Å². The molecule has 1 amide bonds. The number of nitrogens with one attached hydrogen (secondary N) is 1. The molecule has 0 spiro atoms. The maximum absolute atomic E-state index is 11.8. The van der Waals surface area contributed by atoms with Crippen LogP contribution in [0.5, 0.6) is 0 Å². The molecule has 1 heterocycles.